The first-order chi connectivity index (χ1) is 15.7. The lowest BCUT2D eigenvalue weighted by molar-refractivity contribution is -0.139. The van der Waals surface area contributed by atoms with Crippen molar-refractivity contribution >= 4 is 23.5 Å². The van der Waals surface area contributed by atoms with Crippen molar-refractivity contribution in [1.82, 2.24) is 15.3 Å². The van der Waals surface area contributed by atoms with Crippen molar-refractivity contribution in [2.45, 2.75) is 64.3 Å². The van der Waals surface area contributed by atoms with E-state index in [4.69, 9.17) is 9.84 Å². The van der Waals surface area contributed by atoms with Gasteiger partial charge >= 0.3 is 5.97 Å². The molecule has 33 heavy (non-hydrogen) atoms. The highest BCUT2D eigenvalue weighted by Gasteiger charge is 2.23. The van der Waals surface area contributed by atoms with Crippen LogP contribution < -0.4 is 15.5 Å². The van der Waals surface area contributed by atoms with Gasteiger partial charge in [0, 0.05) is 55.6 Å². The van der Waals surface area contributed by atoms with Gasteiger partial charge in [0.1, 0.15) is 6.23 Å². The zero-order valence-electron chi connectivity index (χ0n) is 19.5. The highest BCUT2D eigenvalue weighted by Crippen LogP contribution is 2.22. The molecule has 9 nitrogen and oxygen atoms in total. The van der Waals surface area contributed by atoms with Gasteiger partial charge in [-0.25, -0.2) is 9.97 Å². The molecular formula is C24H33N5O4. The topological polar surface area (TPSA) is 117 Å². The lowest BCUT2D eigenvalue weighted by atomic mass is 10.0. The van der Waals surface area contributed by atoms with Crippen LogP contribution in [-0.2, 0) is 9.53 Å². The van der Waals surface area contributed by atoms with Crippen LogP contribution in [0.2, 0.25) is 0 Å². The third-order valence-electron chi connectivity index (χ3n) is 5.30. The smallest absolute Gasteiger partial charge is 0.303 e. The van der Waals surface area contributed by atoms with Gasteiger partial charge in [-0.1, -0.05) is 0 Å². The SMILES string of the molecule is CC(C)(C)OC(CCC(=O)O)NC(=O)c1ccc(N2CCC(Nc3ncccn3)CC2)cc1. The first kappa shape index (κ1) is 24.4. The van der Waals surface area contributed by atoms with Crippen LogP contribution in [0.3, 0.4) is 0 Å². The Hall–Kier alpha value is -3.20. The molecule has 0 spiro atoms. The number of carboxylic acid groups (broad SMARTS) is 1. The molecule has 1 aromatic heterocycles. The molecule has 1 aliphatic heterocycles. The second-order valence-corrected chi connectivity index (χ2v) is 9.15. The molecule has 1 fully saturated rings. The molecule has 1 atom stereocenters. The summed E-state index contributed by atoms with van der Waals surface area (Å²) in [5.74, 6) is -0.554. The van der Waals surface area contributed by atoms with E-state index in [1.54, 1.807) is 30.6 Å². The van der Waals surface area contributed by atoms with Gasteiger partial charge in [0.2, 0.25) is 5.95 Å². The van der Waals surface area contributed by atoms with E-state index in [9.17, 15) is 9.59 Å². The normalized spacial score (nSPS) is 15.7. The standard InChI is InChI=1S/C24H33N5O4/c1-24(2,3)33-20(9-10-21(30)31)28-22(32)17-5-7-19(8-6-17)29-15-11-18(12-16-29)27-23-25-13-4-14-26-23/h4-8,13-14,18,20H,9-12,15-16H2,1-3H3,(H,28,32)(H,30,31)(H,25,26,27). The maximum atomic E-state index is 12.7. The van der Waals surface area contributed by atoms with Gasteiger partial charge < -0.3 is 25.4 Å². The third-order valence-corrected chi connectivity index (χ3v) is 5.30. The number of hydrogen-bond acceptors (Lipinski definition) is 7. The van der Waals surface area contributed by atoms with Gasteiger partial charge in [0.25, 0.3) is 5.91 Å². The molecule has 0 saturated carbocycles. The lowest BCUT2D eigenvalue weighted by Gasteiger charge is -2.34. The van der Waals surface area contributed by atoms with E-state index in [0.29, 0.717) is 17.6 Å². The molecule has 1 saturated heterocycles. The maximum Gasteiger partial charge on any atom is 0.303 e. The number of benzene rings is 1. The summed E-state index contributed by atoms with van der Waals surface area (Å²) in [5, 5.41) is 15.2. The van der Waals surface area contributed by atoms with Gasteiger partial charge in [0.15, 0.2) is 0 Å². The molecule has 2 heterocycles. The van der Waals surface area contributed by atoms with Crippen LogP contribution in [0.1, 0.15) is 56.8 Å². The molecule has 2 aromatic rings. The van der Waals surface area contributed by atoms with E-state index < -0.39 is 17.8 Å². The fraction of sp³-hybridized carbons (Fsp3) is 0.500. The van der Waals surface area contributed by atoms with E-state index in [1.165, 1.54) is 0 Å². The minimum absolute atomic E-state index is 0.0822. The van der Waals surface area contributed by atoms with Crippen LogP contribution in [0.25, 0.3) is 0 Å². The number of ether oxygens (including phenoxy) is 1. The largest absolute Gasteiger partial charge is 0.481 e. The molecule has 178 valence electrons. The molecule has 0 aliphatic carbocycles. The van der Waals surface area contributed by atoms with Crippen molar-refractivity contribution in [3.63, 3.8) is 0 Å². The van der Waals surface area contributed by atoms with Gasteiger partial charge in [-0.2, -0.15) is 0 Å². The summed E-state index contributed by atoms with van der Waals surface area (Å²) in [6.07, 6.45) is 4.84. The van der Waals surface area contributed by atoms with Crippen LogP contribution >= 0.6 is 0 Å². The highest BCUT2D eigenvalue weighted by molar-refractivity contribution is 5.94. The minimum Gasteiger partial charge on any atom is -0.481 e. The Labute approximate surface area is 194 Å². The zero-order chi connectivity index (χ0) is 23.8. The van der Waals surface area contributed by atoms with Crippen LogP contribution in [0, 0.1) is 0 Å². The van der Waals surface area contributed by atoms with Crippen molar-refractivity contribution in [3.05, 3.63) is 48.3 Å². The molecule has 1 aliphatic rings. The van der Waals surface area contributed by atoms with Crippen LogP contribution in [0.5, 0.6) is 0 Å². The summed E-state index contributed by atoms with van der Waals surface area (Å²) in [6.45, 7) is 7.40. The third kappa shape index (κ3) is 8.02. The molecule has 3 rings (SSSR count). The van der Waals surface area contributed by atoms with Crippen LogP contribution in [0.4, 0.5) is 11.6 Å². The number of carboxylic acids is 1. The van der Waals surface area contributed by atoms with Crippen molar-refractivity contribution in [3.8, 4) is 0 Å². The van der Waals surface area contributed by atoms with E-state index >= 15 is 0 Å². The van der Waals surface area contributed by atoms with Crippen molar-refractivity contribution in [2.24, 2.45) is 0 Å². The van der Waals surface area contributed by atoms with Crippen LogP contribution in [0.15, 0.2) is 42.7 Å². The van der Waals surface area contributed by atoms with Gasteiger partial charge in [-0.15, -0.1) is 0 Å². The Bertz CT molecular complexity index is 907. The number of anilines is 2. The number of nitrogens with one attached hydrogen (secondary N) is 2. The first-order valence-electron chi connectivity index (χ1n) is 11.3. The Balaban J connectivity index is 1.53. The number of nitrogens with zero attached hydrogens (tertiary/aromatic N) is 3. The van der Waals surface area contributed by atoms with E-state index in [0.717, 1.165) is 31.6 Å². The Morgan fingerprint density at radius 3 is 2.36 bits per heavy atom. The molecule has 0 radical (unpaired) electrons. The molecule has 9 heteroatoms. The summed E-state index contributed by atoms with van der Waals surface area (Å²) < 4.78 is 5.83. The van der Waals surface area contributed by atoms with E-state index in [2.05, 4.69) is 25.5 Å². The van der Waals surface area contributed by atoms with E-state index in [1.807, 2.05) is 32.9 Å². The molecule has 1 aromatic carbocycles. The lowest BCUT2D eigenvalue weighted by Crippen LogP contribution is -2.42. The summed E-state index contributed by atoms with van der Waals surface area (Å²) >= 11 is 0. The number of aliphatic carboxylic acids is 1. The van der Waals surface area contributed by atoms with Gasteiger partial charge in [-0.05, 0) is 63.9 Å². The zero-order valence-corrected chi connectivity index (χ0v) is 19.5. The second kappa shape index (κ2) is 11.1. The Morgan fingerprint density at radius 1 is 1.15 bits per heavy atom. The Morgan fingerprint density at radius 2 is 1.79 bits per heavy atom. The van der Waals surface area contributed by atoms with Crippen molar-refractivity contribution in [1.29, 1.82) is 0 Å². The second-order valence-electron chi connectivity index (χ2n) is 9.15. The number of piperidine rings is 1. The predicted molar refractivity (Wildman–Crippen MR) is 126 cm³/mol. The average Bonchev–Trinajstić information content (AvgIpc) is 2.78. The average molecular weight is 456 g/mol. The van der Waals surface area contributed by atoms with Crippen molar-refractivity contribution in [2.75, 3.05) is 23.3 Å². The number of amides is 1. The fourth-order valence-corrected chi connectivity index (χ4v) is 3.73. The summed E-state index contributed by atoms with van der Waals surface area (Å²) in [6, 6.07) is 9.60. The summed E-state index contributed by atoms with van der Waals surface area (Å²) in [7, 11) is 0. The molecule has 3 N–H and O–H groups in total. The summed E-state index contributed by atoms with van der Waals surface area (Å²) in [5.41, 5.74) is 1.07. The number of carbonyl (C=O) groups excluding carboxylic acids is 1. The molecule has 1 unspecified atom stereocenters. The monoisotopic (exact) mass is 455 g/mol. The maximum absolute atomic E-state index is 12.7. The highest BCUT2D eigenvalue weighted by atomic mass is 16.5. The molecule has 0 bridgehead atoms. The number of rotatable bonds is 9. The van der Waals surface area contributed by atoms with E-state index in [-0.39, 0.29) is 18.7 Å². The summed E-state index contributed by atoms with van der Waals surface area (Å²) in [4.78, 5) is 34.4. The van der Waals surface area contributed by atoms with Crippen molar-refractivity contribution < 1.29 is 19.4 Å². The number of carbonyl (C=O) groups is 2. The number of aromatic nitrogens is 2. The fourth-order valence-electron chi connectivity index (χ4n) is 3.73. The Kier molecular flexibility index (Phi) is 8.21. The van der Waals surface area contributed by atoms with Gasteiger partial charge in [-0.3, -0.25) is 9.59 Å². The van der Waals surface area contributed by atoms with Gasteiger partial charge in [0.05, 0.1) is 5.60 Å². The van der Waals surface area contributed by atoms with Crippen LogP contribution in [-0.4, -0.2) is 57.9 Å². The molecular weight excluding hydrogens is 422 g/mol. The molecule has 1 amide bonds. The number of hydrogen-bond donors (Lipinski definition) is 3. The minimum atomic E-state index is -0.925. The first-order valence-corrected chi connectivity index (χ1v) is 11.3. The predicted octanol–water partition coefficient (Wildman–Crippen LogP) is 3.29. The quantitative estimate of drug-likeness (QED) is 0.493.